The molecule has 2 aromatic rings. The minimum atomic E-state index is -0.852. The van der Waals surface area contributed by atoms with E-state index in [2.05, 4.69) is 0 Å². The first-order valence-corrected chi connectivity index (χ1v) is 9.67. The van der Waals surface area contributed by atoms with Crippen LogP contribution in [0.5, 0.6) is 0 Å². The quantitative estimate of drug-likeness (QED) is 0.267. The summed E-state index contributed by atoms with van der Waals surface area (Å²) in [7, 11) is 0. The van der Waals surface area contributed by atoms with Crippen molar-refractivity contribution in [2.45, 2.75) is 25.0 Å². The van der Waals surface area contributed by atoms with Gasteiger partial charge in [-0.2, -0.15) is 0 Å². The zero-order chi connectivity index (χ0) is 21.3. The number of nitro benzene ring substituents is 1. The molecule has 0 aliphatic carbocycles. The van der Waals surface area contributed by atoms with Crippen molar-refractivity contribution in [1.82, 2.24) is 4.90 Å². The van der Waals surface area contributed by atoms with Gasteiger partial charge in [0, 0.05) is 30.8 Å². The average Bonchev–Trinajstić information content (AvgIpc) is 3.36. The zero-order valence-electron chi connectivity index (χ0n) is 16.1. The number of benzene rings is 2. The number of non-ortho nitro benzene ring substituents is 1. The van der Waals surface area contributed by atoms with Gasteiger partial charge in [0.2, 0.25) is 0 Å². The number of hydrogen-bond donors (Lipinski definition) is 1. The topological polar surface area (TPSA) is 110 Å². The molecule has 30 heavy (non-hydrogen) atoms. The highest BCUT2D eigenvalue weighted by atomic mass is 16.6. The van der Waals surface area contributed by atoms with E-state index in [1.165, 1.54) is 29.2 Å². The molecule has 2 unspecified atom stereocenters. The molecular weight excluding hydrogens is 388 g/mol. The van der Waals surface area contributed by atoms with Crippen LogP contribution in [0.15, 0.2) is 60.2 Å². The van der Waals surface area contributed by atoms with Crippen LogP contribution in [0.4, 0.5) is 5.69 Å². The fraction of sp³-hybridized carbons (Fsp3) is 0.273. The van der Waals surface area contributed by atoms with Crippen LogP contribution in [0.25, 0.3) is 5.76 Å². The molecule has 1 amide bonds. The van der Waals surface area contributed by atoms with Crippen LogP contribution >= 0.6 is 0 Å². The van der Waals surface area contributed by atoms with Gasteiger partial charge in [-0.25, -0.2) is 0 Å². The van der Waals surface area contributed by atoms with E-state index in [1.54, 1.807) is 30.3 Å². The number of ether oxygens (including phenoxy) is 1. The summed E-state index contributed by atoms with van der Waals surface area (Å²) < 4.78 is 5.64. The van der Waals surface area contributed by atoms with Crippen molar-refractivity contribution < 1.29 is 24.4 Å². The molecule has 2 heterocycles. The molecule has 8 nitrogen and oxygen atoms in total. The van der Waals surface area contributed by atoms with Gasteiger partial charge in [-0.05, 0) is 30.5 Å². The van der Waals surface area contributed by atoms with Crippen molar-refractivity contribution in [1.29, 1.82) is 0 Å². The summed E-state index contributed by atoms with van der Waals surface area (Å²) in [6.07, 6.45) is 1.45. The summed E-state index contributed by atoms with van der Waals surface area (Å²) in [4.78, 5) is 37.7. The Labute approximate surface area is 172 Å². The summed E-state index contributed by atoms with van der Waals surface area (Å²) in [5, 5.41) is 21.9. The van der Waals surface area contributed by atoms with Crippen molar-refractivity contribution >= 4 is 23.1 Å². The summed E-state index contributed by atoms with van der Waals surface area (Å²) in [5.41, 5.74) is 0.797. The highest BCUT2D eigenvalue weighted by molar-refractivity contribution is 6.46. The maximum absolute atomic E-state index is 12.9. The monoisotopic (exact) mass is 408 g/mol. The molecule has 0 saturated carbocycles. The van der Waals surface area contributed by atoms with Crippen LogP contribution in [0, 0.1) is 10.1 Å². The minimum Gasteiger partial charge on any atom is -0.507 e. The Morgan fingerprint density at radius 3 is 2.43 bits per heavy atom. The van der Waals surface area contributed by atoms with Crippen molar-refractivity contribution in [3.8, 4) is 0 Å². The molecule has 4 rings (SSSR count). The number of rotatable bonds is 5. The molecule has 8 heteroatoms. The van der Waals surface area contributed by atoms with Gasteiger partial charge in [0.1, 0.15) is 5.76 Å². The van der Waals surface area contributed by atoms with Crippen molar-refractivity contribution in [3.63, 3.8) is 0 Å². The molecule has 1 N–H and O–H groups in total. The van der Waals surface area contributed by atoms with Crippen LogP contribution in [-0.4, -0.2) is 45.9 Å². The Morgan fingerprint density at radius 1 is 1.13 bits per heavy atom. The normalized spacial score (nSPS) is 23.1. The van der Waals surface area contributed by atoms with E-state index in [4.69, 9.17) is 4.74 Å². The van der Waals surface area contributed by atoms with E-state index in [9.17, 15) is 24.8 Å². The number of carbonyl (C=O) groups is 2. The molecule has 154 valence electrons. The van der Waals surface area contributed by atoms with E-state index in [1.807, 2.05) is 0 Å². The maximum atomic E-state index is 12.9. The predicted molar refractivity (Wildman–Crippen MR) is 108 cm³/mol. The lowest BCUT2D eigenvalue weighted by molar-refractivity contribution is -0.384. The first kappa shape index (κ1) is 19.8. The molecule has 2 aliphatic rings. The number of carbonyl (C=O) groups excluding carboxylic acids is 2. The molecule has 2 fully saturated rings. The third kappa shape index (κ3) is 3.57. The van der Waals surface area contributed by atoms with E-state index in [-0.39, 0.29) is 29.7 Å². The number of amides is 1. The Kier molecular flexibility index (Phi) is 5.33. The molecule has 0 bridgehead atoms. The third-order valence-corrected chi connectivity index (χ3v) is 5.43. The molecular formula is C22H20N2O6. The number of nitrogens with zero attached hydrogens (tertiary/aromatic N) is 2. The lowest BCUT2D eigenvalue weighted by atomic mass is 9.95. The zero-order valence-corrected chi connectivity index (χ0v) is 16.1. The van der Waals surface area contributed by atoms with Crippen molar-refractivity contribution in [2.75, 3.05) is 13.2 Å². The molecule has 2 aliphatic heterocycles. The number of likely N-dealkylation sites (tertiary alicyclic amines) is 1. The summed E-state index contributed by atoms with van der Waals surface area (Å²) in [6, 6.07) is 13.3. The number of hydrogen-bond acceptors (Lipinski definition) is 6. The summed E-state index contributed by atoms with van der Waals surface area (Å²) in [5.74, 6) is -1.77. The SMILES string of the molecule is O=C1C(=O)N(CC2CCCO2)C(c2ccc([N+](=O)[O-])cc2)/C1=C(/O)c1ccccc1. The number of nitro groups is 1. The molecule has 2 atom stereocenters. The van der Waals surface area contributed by atoms with Gasteiger partial charge >= 0.3 is 0 Å². The average molecular weight is 408 g/mol. The number of ketones is 1. The van der Waals surface area contributed by atoms with E-state index < -0.39 is 22.7 Å². The third-order valence-electron chi connectivity index (χ3n) is 5.43. The minimum absolute atomic E-state index is 0.0296. The second kappa shape index (κ2) is 8.08. The fourth-order valence-electron chi connectivity index (χ4n) is 3.95. The van der Waals surface area contributed by atoms with Gasteiger partial charge in [-0.1, -0.05) is 30.3 Å². The Morgan fingerprint density at radius 2 is 1.83 bits per heavy atom. The molecule has 0 spiro atoms. The Hall–Kier alpha value is -3.52. The fourth-order valence-corrected chi connectivity index (χ4v) is 3.95. The number of aliphatic hydroxyl groups excluding tert-OH is 1. The van der Waals surface area contributed by atoms with Gasteiger partial charge in [0.15, 0.2) is 0 Å². The van der Waals surface area contributed by atoms with Gasteiger partial charge in [-0.3, -0.25) is 19.7 Å². The molecule has 0 aromatic heterocycles. The molecule has 2 saturated heterocycles. The van der Waals surface area contributed by atoms with E-state index in [0.29, 0.717) is 17.7 Å². The Balaban J connectivity index is 1.81. The van der Waals surface area contributed by atoms with Crippen LogP contribution in [0.2, 0.25) is 0 Å². The summed E-state index contributed by atoms with van der Waals surface area (Å²) in [6.45, 7) is 0.804. The van der Waals surface area contributed by atoms with Gasteiger partial charge < -0.3 is 14.7 Å². The Bertz CT molecular complexity index is 1010. The predicted octanol–water partition coefficient (Wildman–Crippen LogP) is 3.20. The lowest BCUT2D eigenvalue weighted by Crippen LogP contribution is -2.36. The van der Waals surface area contributed by atoms with Gasteiger partial charge in [0.05, 0.1) is 22.6 Å². The first-order valence-electron chi connectivity index (χ1n) is 9.67. The van der Waals surface area contributed by atoms with Crippen LogP contribution in [0.1, 0.15) is 30.0 Å². The van der Waals surface area contributed by atoms with E-state index in [0.717, 1.165) is 12.8 Å². The largest absolute Gasteiger partial charge is 0.507 e. The van der Waals surface area contributed by atoms with E-state index >= 15 is 0 Å². The first-order chi connectivity index (χ1) is 14.5. The highest BCUT2D eigenvalue weighted by Crippen LogP contribution is 2.40. The standard InChI is InChI=1S/C22H20N2O6/c25-20(15-5-2-1-3-6-15)18-19(14-8-10-16(11-9-14)24(28)29)23(22(27)21(18)26)13-17-7-4-12-30-17/h1-3,5-6,8-11,17,19,25H,4,7,12-13H2/b20-18-. The van der Waals surface area contributed by atoms with Crippen LogP contribution in [-0.2, 0) is 14.3 Å². The summed E-state index contributed by atoms with van der Waals surface area (Å²) >= 11 is 0. The van der Waals surface area contributed by atoms with Crippen molar-refractivity contribution in [2.24, 2.45) is 0 Å². The van der Waals surface area contributed by atoms with Crippen LogP contribution < -0.4 is 0 Å². The van der Waals surface area contributed by atoms with Crippen molar-refractivity contribution in [3.05, 3.63) is 81.4 Å². The second-order valence-corrected chi connectivity index (χ2v) is 7.30. The second-order valence-electron chi connectivity index (χ2n) is 7.30. The van der Waals surface area contributed by atoms with Gasteiger partial charge in [-0.15, -0.1) is 0 Å². The maximum Gasteiger partial charge on any atom is 0.295 e. The smallest absolute Gasteiger partial charge is 0.295 e. The lowest BCUT2D eigenvalue weighted by Gasteiger charge is -2.27. The highest BCUT2D eigenvalue weighted by Gasteiger charge is 2.47. The molecule has 2 aromatic carbocycles. The van der Waals surface area contributed by atoms with Gasteiger partial charge in [0.25, 0.3) is 17.4 Å². The molecule has 0 radical (unpaired) electrons. The number of Topliss-reactive ketones (excluding diaryl/α,β-unsaturated/α-hetero) is 1. The van der Waals surface area contributed by atoms with Crippen LogP contribution in [0.3, 0.4) is 0 Å². The number of aliphatic hydroxyl groups is 1.